The molecule has 0 saturated carbocycles. The fourth-order valence-corrected chi connectivity index (χ4v) is 1.28. The molecule has 1 aromatic rings. The first kappa shape index (κ1) is 9.42. The van der Waals surface area contributed by atoms with Crippen LogP contribution in [0.15, 0.2) is 4.42 Å². The molecule has 1 aliphatic rings. The van der Waals surface area contributed by atoms with Crippen molar-refractivity contribution in [2.45, 2.75) is 19.1 Å². The lowest BCUT2D eigenvalue weighted by molar-refractivity contribution is 0.0755. The van der Waals surface area contributed by atoms with E-state index < -0.39 is 0 Å². The molecule has 2 heterocycles. The van der Waals surface area contributed by atoms with Crippen LogP contribution in [0.5, 0.6) is 0 Å². The minimum absolute atomic E-state index is 0.212. The highest BCUT2D eigenvalue weighted by molar-refractivity contribution is 5.30. The van der Waals surface area contributed by atoms with E-state index in [-0.39, 0.29) is 12.1 Å². The molecule has 14 heavy (non-hydrogen) atoms. The van der Waals surface area contributed by atoms with E-state index in [1.165, 1.54) is 0 Å². The van der Waals surface area contributed by atoms with Gasteiger partial charge in [0.2, 0.25) is 5.89 Å². The zero-order valence-electron chi connectivity index (χ0n) is 8.30. The molecule has 6 nitrogen and oxygen atoms in total. The van der Waals surface area contributed by atoms with E-state index in [2.05, 4.69) is 10.2 Å². The Hall–Kier alpha value is -1.14. The number of nitrogens with zero attached hydrogens (tertiary/aromatic N) is 3. The fourth-order valence-electron chi connectivity index (χ4n) is 1.28. The van der Waals surface area contributed by atoms with Gasteiger partial charge in [0, 0.05) is 7.11 Å². The number of ether oxygens (including phenoxy) is 1. The molecule has 1 unspecified atom stereocenters. The average Bonchev–Trinajstić information content (AvgIpc) is 2.51. The molecule has 1 aliphatic heterocycles. The lowest BCUT2D eigenvalue weighted by Crippen LogP contribution is -2.52. The standard InChI is InChI=1S/C8H14N4O2/c1-5(9)7-10-11-8(14-7)12-3-6(4-12)13-2/h5-6H,3-4,9H2,1-2H3. The SMILES string of the molecule is COC1CN(c2nnc(C(C)N)o2)C1. The summed E-state index contributed by atoms with van der Waals surface area (Å²) in [4.78, 5) is 1.97. The van der Waals surface area contributed by atoms with Crippen molar-refractivity contribution < 1.29 is 9.15 Å². The number of methoxy groups -OCH3 is 1. The fraction of sp³-hybridized carbons (Fsp3) is 0.750. The molecule has 0 radical (unpaired) electrons. The Labute approximate surface area is 82.0 Å². The maximum atomic E-state index is 5.60. The van der Waals surface area contributed by atoms with Crippen molar-refractivity contribution >= 4 is 6.01 Å². The van der Waals surface area contributed by atoms with Crippen molar-refractivity contribution in [1.82, 2.24) is 10.2 Å². The first-order chi connectivity index (χ1) is 6.70. The van der Waals surface area contributed by atoms with Crippen molar-refractivity contribution in [2.24, 2.45) is 5.73 Å². The van der Waals surface area contributed by atoms with Crippen LogP contribution in [0.2, 0.25) is 0 Å². The van der Waals surface area contributed by atoms with Crippen molar-refractivity contribution in [3.63, 3.8) is 0 Å². The molecular formula is C8H14N4O2. The van der Waals surface area contributed by atoms with Crippen LogP contribution in [0.1, 0.15) is 18.9 Å². The van der Waals surface area contributed by atoms with E-state index in [4.69, 9.17) is 14.9 Å². The molecule has 78 valence electrons. The van der Waals surface area contributed by atoms with E-state index in [9.17, 15) is 0 Å². The van der Waals surface area contributed by atoms with E-state index >= 15 is 0 Å². The van der Waals surface area contributed by atoms with Gasteiger partial charge in [-0.25, -0.2) is 0 Å². The minimum atomic E-state index is -0.212. The van der Waals surface area contributed by atoms with E-state index in [1.54, 1.807) is 7.11 Å². The number of nitrogens with two attached hydrogens (primary N) is 1. The second-order valence-electron chi connectivity index (χ2n) is 3.47. The Bertz CT molecular complexity index is 306. The number of aromatic nitrogens is 2. The Morgan fingerprint density at radius 3 is 2.79 bits per heavy atom. The zero-order valence-corrected chi connectivity index (χ0v) is 8.30. The third-order valence-corrected chi connectivity index (χ3v) is 2.27. The van der Waals surface area contributed by atoms with Crippen LogP contribution in [0.25, 0.3) is 0 Å². The summed E-state index contributed by atoms with van der Waals surface area (Å²) in [6, 6.07) is 0.321. The summed E-state index contributed by atoms with van der Waals surface area (Å²) in [5.41, 5.74) is 5.60. The largest absolute Gasteiger partial charge is 0.406 e. The summed E-state index contributed by atoms with van der Waals surface area (Å²) < 4.78 is 10.5. The summed E-state index contributed by atoms with van der Waals surface area (Å²) in [5.74, 6) is 0.473. The van der Waals surface area contributed by atoms with E-state index in [0.29, 0.717) is 11.9 Å². The highest BCUT2D eigenvalue weighted by Crippen LogP contribution is 2.21. The molecule has 1 fully saturated rings. The Balaban J connectivity index is 1.98. The van der Waals surface area contributed by atoms with Gasteiger partial charge in [0.25, 0.3) is 0 Å². The van der Waals surface area contributed by atoms with Gasteiger partial charge < -0.3 is 19.8 Å². The van der Waals surface area contributed by atoms with Gasteiger partial charge in [-0.3, -0.25) is 0 Å². The summed E-state index contributed by atoms with van der Waals surface area (Å²) in [6.45, 7) is 3.42. The Morgan fingerprint density at radius 2 is 2.29 bits per heavy atom. The van der Waals surface area contributed by atoms with Crippen molar-refractivity contribution in [3.8, 4) is 0 Å². The number of hydrogen-bond acceptors (Lipinski definition) is 6. The first-order valence-corrected chi connectivity index (χ1v) is 4.57. The van der Waals surface area contributed by atoms with Gasteiger partial charge in [-0.2, -0.15) is 0 Å². The van der Waals surface area contributed by atoms with Gasteiger partial charge in [0.05, 0.1) is 25.2 Å². The normalized spacial score (nSPS) is 19.5. The molecule has 0 amide bonds. The summed E-state index contributed by atoms with van der Waals surface area (Å²) in [6.07, 6.45) is 0.278. The second-order valence-corrected chi connectivity index (χ2v) is 3.47. The summed E-state index contributed by atoms with van der Waals surface area (Å²) in [5, 5.41) is 7.75. The third kappa shape index (κ3) is 1.58. The molecule has 1 atom stereocenters. The summed E-state index contributed by atoms with van der Waals surface area (Å²) in [7, 11) is 1.70. The predicted molar refractivity (Wildman–Crippen MR) is 49.9 cm³/mol. The quantitative estimate of drug-likeness (QED) is 0.732. The van der Waals surface area contributed by atoms with Crippen molar-refractivity contribution in [1.29, 1.82) is 0 Å². The van der Waals surface area contributed by atoms with Gasteiger partial charge in [-0.15, -0.1) is 5.10 Å². The molecule has 1 aromatic heterocycles. The Morgan fingerprint density at radius 1 is 1.57 bits per heavy atom. The molecule has 6 heteroatoms. The molecular weight excluding hydrogens is 184 g/mol. The maximum Gasteiger partial charge on any atom is 0.318 e. The molecule has 0 aromatic carbocycles. The van der Waals surface area contributed by atoms with Gasteiger partial charge in [-0.05, 0) is 6.92 Å². The molecule has 0 spiro atoms. The lowest BCUT2D eigenvalue weighted by atomic mass is 10.2. The number of hydrogen-bond donors (Lipinski definition) is 1. The average molecular weight is 198 g/mol. The molecule has 2 N–H and O–H groups in total. The maximum absolute atomic E-state index is 5.60. The van der Waals surface area contributed by atoms with Crippen LogP contribution >= 0.6 is 0 Å². The van der Waals surface area contributed by atoms with Gasteiger partial charge in [0.1, 0.15) is 0 Å². The highest BCUT2D eigenvalue weighted by atomic mass is 16.5. The van der Waals surface area contributed by atoms with E-state index in [1.807, 2.05) is 11.8 Å². The second kappa shape index (κ2) is 3.55. The van der Waals surface area contributed by atoms with Gasteiger partial charge in [0.15, 0.2) is 0 Å². The smallest absolute Gasteiger partial charge is 0.318 e. The molecule has 0 bridgehead atoms. The molecule has 1 saturated heterocycles. The van der Waals surface area contributed by atoms with Crippen molar-refractivity contribution in [2.75, 3.05) is 25.1 Å². The van der Waals surface area contributed by atoms with Gasteiger partial charge >= 0.3 is 6.01 Å². The Kier molecular flexibility index (Phi) is 2.39. The lowest BCUT2D eigenvalue weighted by Gasteiger charge is -2.36. The third-order valence-electron chi connectivity index (χ3n) is 2.27. The van der Waals surface area contributed by atoms with Crippen LogP contribution < -0.4 is 10.6 Å². The molecule has 2 rings (SSSR count). The van der Waals surface area contributed by atoms with Crippen LogP contribution in [0.4, 0.5) is 6.01 Å². The number of anilines is 1. The van der Waals surface area contributed by atoms with Crippen LogP contribution in [0, 0.1) is 0 Å². The highest BCUT2D eigenvalue weighted by Gasteiger charge is 2.30. The van der Waals surface area contributed by atoms with Gasteiger partial charge in [-0.1, -0.05) is 5.10 Å². The first-order valence-electron chi connectivity index (χ1n) is 4.57. The zero-order chi connectivity index (χ0) is 10.1. The van der Waals surface area contributed by atoms with Crippen molar-refractivity contribution in [3.05, 3.63) is 5.89 Å². The molecule has 0 aliphatic carbocycles. The number of rotatable bonds is 3. The van der Waals surface area contributed by atoms with Crippen LogP contribution in [0.3, 0.4) is 0 Å². The predicted octanol–water partition coefficient (Wildman–Crippen LogP) is -0.0757. The monoisotopic (exact) mass is 198 g/mol. The van der Waals surface area contributed by atoms with E-state index in [0.717, 1.165) is 13.1 Å². The minimum Gasteiger partial charge on any atom is -0.406 e. The summed E-state index contributed by atoms with van der Waals surface area (Å²) >= 11 is 0. The van der Waals surface area contributed by atoms with Crippen LogP contribution in [-0.4, -0.2) is 36.5 Å². The topological polar surface area (TPSA) is 77.4 Å². The van der Waals surface area contributed by atoms with Crippen LogP contribution in [-0.2, 0) is 4.74 Å².